The number of anilines is 2. The molecule has 0 radical (unpaired) electrons. The number of hydrogen-bond acceptors (Lipinski definition) is 4. The number of rotatable bonds is 6. The van der Waals surface area contributed by atoms with Crippen LogP contribution in [0.2, 0.25) is 0 Å². The fourth-order valence-corrected chi connectivity index (χ4v) is 1.73. The molecular formula is C15H24ClN3O3. The minimum absolute atomic E-state index is 0. The highest BCUT2D eigenvalue weighted by Gasteiger charge is 2.17. The molecule has 1 unspecified atom stereocenters. The Labute approximate surface area is 137 Å². The summed E-state index contributed by atoms with van der Waals surface area (Å²) in [6.07, 6.45) is 0. The number of methoxy groups -OCH3 is 1. The van der Waals surface area contributed by atoms with E-state index >= 15 is 0 Å². The Kier molecular flexibility index (Phi) is 8.70. The van der Waals surface area contributed by atoms with Crippen LogP contribution in [0, 0.1) is 12.8 Å². The Morgan fingerprint density at radius 2 is 1.91 bits per heavy atom. The van der Waals surface area contributed by atoms with Crippen molar-refractivity contribution in [3.63, 3.8) is 0 Å². The van der Waals surface area contributed by atoms with E-state index in [0.717, 1.165) is 5.56 Å². The van der Waals surface area contributed by atoms with Crippen LogP contribution in [0.3, 0.4) is 0 Å². The van der Waals surface area contributed by atoms with E-state index in [1.54, 1.807) is 18.2 Å². The van der Waals surface area contributed by atoms with Gasteiger partial charge in [0.05, 0.1) is 6.04 Å². The first-order valence-corrected chi connectivity index (χ1v) is 6.81. The van der Waals surface area contributed by atoms with Crippen LogP contribution in [0.4, 0.5) is 11.4 Å². The predicted octanol–water partition coefficient (Wildman–Crippen LogP) is 1.92. The first kappa shape index (κ1) is 20.4. The molecule has 0 aliphatic rings. The van der Waals surface area contributed by atoms with Gasteiger partial charge in [-0.15, -0.1) is 12.4 Å². The van der Waals surface area contributed by atoms with E-state index in [0.29, 0.717) is 11.4 Å². The lowest BCUT2D eigenvalue weighted by molar-refractivity contribution is -0.120. The van der Waals surface area contributed by atoms with E-state index in [2.05, 4.69) is 10.6 Å². The Morgan fingerprint density at radius 1 is 1.27 bits per heavy atom. The number of nitrogens with two attached hydrogens (primary N) is 1. The van der Waals surface area contributed by atoms with E-state index in [1.165, 1.54) is 7.11 Å². The third-order valence-electron chi connectivity index (χ3n) is 3.06. The van der Waals surface area contributed by atoms with Gasteiger partial charge in [-0.1, -0.05) is 13.8 Å². The second-order valence-corrected chi connectivity index (χ2v) is 5.27. The lowest BCUT2D eigenvalue weighted by Crippen LogP contribution is -2.39. The molecule has 1 atom stereocenters. The summed E-state index contributed by atoms with van der Waals surface area (Å²) in [7, 11) is 1.46. The van der Waals surface area contributed by atoms with Crippen LogP contribution in [0.25, 0.3) is 0 Å². The molecule has 1 aromatic carbocycles. The Bertz CT molecular complexity index is 521. The van der Waals surface area contributed by atoms with Gasteiger partial charge >= 0.3 is 0 Å². The molecule has 1 aromatic rings. The summed E-state index contributed by atoms with van der Waals surface area (Å²) in [6.45, 7) is 5.63. The largest absolute Gasteiger partial charge is 0.375 e. The minimum Gasteiger partial charge on any atom is -0.375 e. The fourth-order valence-electron chi connectivity index (χ4n) is 1.73. The first-order valence-electron chi connectivity index (χ1n) is 6.81. The quantitative estimate of drug-likeness (QED) is 0.743. The molecule has 0 saturated carbocycles. The van der Waals surface area contributed by atoms with Crippen molar-refractivity contribution < 1.29 is 14.3 Å². The zero-order chi connectivity index (χ0) is 16.0. The van der Waals surface area contributed by atoms with Crippen LogP contribution >= 0.6 is 12.4 Å². The summed E-state index contributed by atoms with van der Waals surface area (Å²) in [6, 6.07) is 4.69. The summed E-state index contributed by atoms with van der Waals surface area (Å²) < 4.78 is 4.76. The molecule has 4 N–H and O–H groups in total. The minimum atomic E-state index is -0.550. The number of carbonyl (C=O) groups excluding carboxylic acids is 2. The molecule has 0 bridgehead atoms. The van der Waals surface area contributed by atoms with Crippen molar-refractivity contribution in [2.24, 2.45) is 11.7 Å². The average Bonchev–Trinajstić information content (AvgIpc) is 2.41. The molecular weight excluding hydrogens is 306 g/mol. The van der Waals surface area contributed by atoms with Crippen molar-refractivity contribution in [1.29, 1.82) is 0 Å². The average molecular weight is 330 g/mol. The zero-order valence-corrected chi connectivity index (χ0v) is 14.1. The second-order valence-electron chi connectivity index (χ2n) is 5.27. The smallest absolute Gasteiger partial charge is 0.250 e. The summed E-state index contributed by atoms with van der Waals surface area (Å²) >= 11 is 0. The third-order valence-corrected chi connectivity index (χ3v) is 3.06. The lowest BCUT2D eigenvalue weighted by Gasteiger charge is -2.16. The summed E-state index contributed by atoms with van der Waals surface area (Å²) in [4.78, 5) is 23.4. The number of aryl methyl sites for hydroxylation is 1. The van der Waals surface area contributed by atoms with Crippen molar-refractivity contribution in [2.75, 3.05) is 24.4 Å². The topological polar surface area (TPSA) is 93.5 Å². The summed E-state index contributed by atoms with van der Waals surface area (Å²) in [5.74, 6) is -0.376. The number of carbonyl (C=O) groups is 2. The van der Waals surface area contributed by atoms with Gasteiger partial charge in [0.2, 0.25) is 11.8 Å². The van der Waals surface area contributed by atoms with Crippen LogP contribution in [0.15, 0.2) is 18.2 Å². The molecule has 0 fully saturated rings. The van der Waals surface area contributed by atoms with Crippen LogP contribution in [0.5, 0.6) is 0 Å². The van der Waals surface area contributed by atoms with E-state index in [1.807, 2.05) is 20.8 Å². The molecule has 22 heavy (non-hydrogen) atoms. The van der Waals surface area contributed by atoms with Gasteiger partial charge in [-0.2, -0.15) is 0 Å². The van der Waals surface area contributed by atoms with Crippen LogP contribution in [-0.2, 0) is 14.3 Å². The van der Waals surface area contributed by atoms with Crippen molar-refractivity contribution in [3.8, 4) is 0 Å². The highest BCUT2D eigenvalue weighted by atomic mass is 35.5. The normalized spacial score (nSPS) is 11.5. The Hall–Kier alpha value is -1.63. The predicted molar refractivity (Wildman–Crippen MR) is 90.4 cm³/mol. The van der Waals surface area contributed by atoms with E-state index in [-0.39, 0.29) is 36.7 Å². The first-order chi connectivity index (χ1) is 9.85. The summed E-state index contributed by atoms with van der Waals surface area (Å²) in [5.41, 5.74) is 7.97. The van der Waals surface area contributed by atoms with Crippen molar-refractivity contribution in [1.82, 2.24) is 0 Å². The standard InChI is InChI=1S/C15H23N3O3.ClH/c1-9(2)14(16)15(20)17-11-5-6-12(10(3)7-11)18-13(19)8-21-4;/h5-7,9,14H,8,16H2,1-4H3,(H,17,20)(H,18,19);1H. The zero-order valence-electron chi connectivity index (χ0n) is 13.3. The Balaban J connectivity index is 0.00000441. The molecule has 2 amide bonds. The molecule has 0 aliphatic carbocycles. The number of benzene rings is 1. The molecule has 0 aliphatic heterocycles. The van der Waals surface area contributed by atoms with Gasteiger partial charge in [-0.05, 0) is 36.6 Å². The molecule has 7 heteroatoms. The number of amides is 2. The van der Waals surface area contributed by atoms with Gasteiger partial charge in [0.25, 0.3) is 0 Å². The SMILES string of the molecule is COCC(=O)Nc1ccc(NC(=O)C(N)C(C)C)cc1C.Cl. The fraction of sp³-hybridized carbons (Fsp3) is 0.467. The molecule has 124 valence electrons. The molecule has 0 spiro atoms. The van der Waals surface area contributed by atoms with Gasteiger partial charge in [-0.25, -0.2) is 0 Å². The number of hydrogen-bond donors (Lipinski definition) is 3. The van der Waals surface area contributed by atoms with Crippen LogP contribution in [-0.4, -0.2) is 31.6 Å². The van der Waals surface area contributed by atoms with E-state index < -0.39 is 6.04 Å². The number of nitrogens with one attached hydrogen (secondary N) is 2. The highest BCUT2D eigenvalue weighted by molar-refractivity contribution is 5.96. The summed E-state index contributed by atoms with van der Waals surface area (Å²) in [5, 5.41) is 5.50. The number of halogens is 1. The Morgan fingerprint density at radius 3 is 2.41 bits per heavy atom. The van der Waals surface area contributed by atoms with Crippen molar-refractivity contribution in [2.45, 2.75) is 26.8 Å². The maximum atomic E-state index is 11.9. The highest BCUT2D eigenvalue weighted by Crippen LogP contribution is 2.20. The monoisotopic (exact) mass is 329 g/mol. The lowest BCUT2D eigenvalue weighted by atomic mass is 10.0. The number of ether oxygens (including phenoxy) is 1. The van der Waals surface area contributed by atoms with Gasteiger partial charge in [0.1, 0.15) is 6.61 Å². The van der Waals surface area contributed by atoms with E-state index in [4.69, 9.17) is 10.5 Å². The maximum absolute atomic E-state index is 11.9. The van der Waals surface area contributed by atoms with E-state index in [9.17, 15) is 9.59 Å². The van der Waals surface area contributed by atoms with Crippen molar-refractivity contribution >= 4 is 35.6 Å². The molecule has 0 heterocycles. The van der Waals surface area contributed by atoms with Crippen LogP contribution in [0.1, 0.15) is 19.4 Å². The molecule has 0 aromatic heterocycles. The van der Waals surface area contributed by atoms with Gasteiger partial charge < -0.3 is 21.1 Å². The van der Waals surface area contributed by atoms with Gasteiger partial charge in [0.15, 0.2) is 0 Å². The molecule has 1 rings (SSSR count). The van der Waals surface area contributed by atoms with Gasteiger partial charge in [-0.3, -0.25) is 9.59 Å². The molecule has 0 saturated heterocycles. The third kappa shape index (κ3) is 6.01. The van der Waals surface area contributed by atoms with Gasteiger partial charge in [0, 0.05) is 18.5 Å². The van der Waals surface area contributed by atoms with Crippen LogP contribution < -0.4 is 16.4 Å². The molecule has 6 nitrogen and oxygen atoms in total. The maximum Gasteiger partial charge on any atom is 0.250 e. The van der Waals surface area contributed by atoms with Crippen molar-refractivity contribution in [3.05, 3.63) is 23.8 Å². The second kappa shape index (κ2) is 9.40.